The van der Waals surface area contributed by atoms with E-state index in [1.54, 1.807) is 6.07 Å². The number of benzene rings is 1. The standard InChI is InChI=1S/C14H20N2O4/c1-9(2)7-16-13(17)8-20-14(18)11-5-4-10(15)6-12(11)19-3/h4-6,9H,7-8,15H2,1-3H3,(H,16,17). The highest BCUT2D eigenvalue weighted by atomic mass is 16.5. The molecule has 0 atom stereocenters. The fourth-order valence-electron chi connectivity index (χ4n) is 1.45. The topological polar surface area (TPSA) is 90.7 Å². The molecule has 0 fully saturated rings. The number of esters is 1. The summed E-state index contributed by atoms with van der Waals surface area (Å²) in [6.45, 7) is 4.18. The van der Waals surface area contributed by atoms with E-state index in [0.717, 1.165) is 0 Å². The third-order valence-electron chi connectivity index (χ3n) is 2.49. The molecule has 6 nitrogen and oxygen atoms in total. The minimum absolute atomic E-state index is 0.235. The second kappa shape index (κ2) is 7.37. The highest BCUT2D eigenvalue weighted by molar-refractivity contribution is 5.94. The monoisotopic (exact) mass is 280 g/mol. The van der Waals surface area contributed by atoms with Crippen LogP contribution in [0.2, 0.25) is 0 Å². The van der Waals surface area contributed by atoms with Crippen LogP contribution in [0.4, 0.5) is 5.69 Å². The van der Waals surface area contributed by atoms with Crippen molar-refractivity contribution in [3.05, 3.63) is 23.8 Å². The smallest absolute Gasteiger partial charge is 0.342 e. The lowest BCUT2D eigenvalue weighted by atomic mass is 10.2. The molecule has 1 aromatic rings. The van der Waals surface area contributed by atoms with Crippen LogP contribution in [0.25, 0.3) is 0 Å². The number of hydrogen-bond donors (Lipinski definition) is 2. The SMILES string of the molecule is COc1cc(N)ccc1C(=O)OCC(=O)NCC(C)C. The summed E-state index contributed by atoms with van der Waals surface area (Å²) in [6.07, 6.45) is 0. The second-order valence-corrected chi connectivity index (χ2v) is 4.73. The molecule has 0 aliphatic rings. The molecule has 1 amide bonds. The van der Waals surface area contributed by atoms with Crippen LogP contribution in [0.3, 0.4) is 0 Å². The maximum atomic E-state index is 11.9. The molecule has 0 aliphatic heterocycles. The number of nitrogen functional groups attached to an aromatic ring is 1. The van der Waals surface area contributed by atoms with Crippen LogP contribution in [0.1, 0.15) is 24.2 Å². The van der Waals surface area contributed by atoms with Gasteiger partial charge in [0.05, 0.1) is 7.11 Å². The van der Waals surface area contributed by atoms with Gasteiger partial charge in [0, 0.05) is 18.3 Å². The lowest BCUT2D eigenvalue weighted by Gasteiger charge is -2.10. The normalized spacial score (nSPS) is 10.2. The fraction of sp³-hybridized carbons (Fsp3) is 0.429. The average Bonchev–Trinajstić information content (AvgIpc) is 2.42. The Kier molecular flexibility index (Phi) is 5.83. The Hall–Kier alpha value is -2.24. The van der Waals surface area contributed by atoms with E-state index in [4.69, 9.17) is 15.2 Å². The van der Waals surface area contributed by atoms with Crippen molar-refractivity contribution >= 4 is 17.6 Å². The van der Waals surface area contributed by atoms with Gasteiger partial charge in [0.2, 0.25) is 0 Å². The molecule has 0 saturated carbocycles. The van der Waals surface area contributed by atoms with Crippen LogP contribution in [-0.4, -0.2) is 32.1 Å². The Bertz CT molecular complexity index is 486. The van der Waals surface area contributed by atoms with Crippen LogP contribution in [-0.2, 0) is 9.53 Å². The minimum atomic E-state index is -0.624. The lowest BCUT2D eigenvalue weighted by molar-refractivity contribution is -0.124. The molecular weight excluding hydrogens is 260 g/mol. The molecule has 0 heterocycles. The van der Waals surface area contributed by atoms with Crippen molar-refractivity contribution in [2.45, 2.75) is 13.8 Å². The molecule has 1 rings (SSSR count). The predicted octanol–water partition coefficient (Wildman–Crippen LogP) is 1.21. The number of amides is 1. The molecule has 110 valence electrons. The van der Waals surface area contributed by atoms with Gasteiger partial charge >= 0.3 is 5.97 Å². The van der Waals surface area contributed by atoms with E-state index in [2.05, 4.69) is 5.32 Å². The van der Waals surface area contributed by atoms with Gasteiger partial charge in [0.15, 0.2) is 6.61 Å². The Morgan fingerprint density at radius 2 is 2.05 bits per heavy atom. The first-order valence-electron chi connectivity index (χ1n) is 6.31. The molecule has 1 aromatic carbocycles. The minimum Gasteiger partial charge on any atom is -0.496 e. The van der Waals surface area contributed by atoms with Gasteiger partial charge in [-0.05, 0) is 18.1 Å². The Labute approximate surface area is 118 Å². The fourth-order valence-corrected chi connectivity index (χ4v) is 1.45. The molecule has 0 aliphatic carbocycles. The van der Waals surface area contributed by atoms with Crippen LogP contribution >= 0.6 is 0 Å². The highest BCUT2D eigenvalue weighted by Crippen LogP contribution is 2.22. The molecule has 6 heteroatoms. The van der Waals surface area contributed by atoms with Gasteiger partial charge in [-0.25, -0.2) is 4.79 Å². The highest BCUT2D eigenvalue weighted by Gasteiger charge is 2.15. The number of nitrogens with two attached hydrogens (primary N) is 1. The van der Waals surface area contributed by atoms with E-state index in [-0.39, 0.29) is 18.1 Å². The van der Waals surface area contributed by atoms with Gasteiger partial charge in [0.1, 0.15) is 11.3 Å². The van der Waals surface area contributed by atoms with Crippen molar-refractivity contribution in [3.63, 3.8) is 0 Å². The lowest BCUT2D eigenvalue weighted by Crippen LogP contribution is -2.31. The van der Waals surface area contributed by atoms with Crippen LogP contribution in [0.15, 0.2) is 18.2 Å². The Morgan fingerprint density at radius 1 is 1.35 bits per heavy atom. The van der Waals surface area contributed by atoms with E-state index in [0.29, 0.717) is 23.9 Å². The number of ether oxygens (including phenoxy) is 2. The van der Waals surface area contributed by atoms with E-state index in [1.807, 2.05) is 13.8 Å². The van der Waals surface area contributed by atoms with Crippen LogP contribution in [0, 0.1) is 5.92 Å². The number of nitrogens with one attached hydrogen (secondary N) is 1. The first-order valence-corrected chi connectivity index (χ1v) is 6.31. The zero-order valence-electron chi connectivity index (χ0n) is 11.9. The third-order valence-corrected chi connectivity index (χ3v) is 2.49. The molecule has 20 heavy (non-hydrogen) atoms. The van der Waals surface area contributed by atoms with Crippen molar-refractivity contribution in [1.29, 1.82) is 0 Å². The van der Waals surface area contributed by atoms with Crippen molar-refractivity contribution < 1.29 is 19.1 Å². The average molecular weight is 280 g/mol. The van der Waals surface area contributed by atoms with Gasteiger partial charge < -0.3 is 20.5 Å². The molecular formula is C14H20N2O4. The van der Waals surface area contributed by atoms with E-state index in [1.165, 1.54) is 19.2 Å². The molecule has 0 aromatic heterocycles. The Balaban J connectivity index is 2.57. The van der Waals surface area contributed by atoms with Gasteiger partial charge in [-0.2, -0.15) is 0 Å². The number of anilines is 1. The molecule has 0 unspecified atom stereocenters. The van der Waals surface area contributed by atoms with E-state index >= 15 is 0 Å². The van der Waals surface area contributed by atoms with Gasteiger partial charge in [-0.15, -0.1) is 0 Å². The molecule has 0 saturated heterocycles. The maximum Gasteiger partial charge on any atom is 0.342 e. The van der Waals surface area contributed by atoms with Crippen LogP contribution < -0.4 is 15.8 Å². The Morgan fingerprint density at radius 3 is 2.65 bits per heavy atom. The van der Waals surface area contributed by atoms with Crippen molar-refractivity contribution in [1.82, 2.24) is 5.32 Å². The van der Waals surface area contributed by atoms with E-state index < -0.39 is 5.97 Å². The van der Waals surface area contributed by atoms with Crippen molar-refractivity contribution in [3.8, 4) is 5.75 Å². The zero-order valence-corrected chi connectivity index (χ0v) is 11.9. The van der Waals surface area contributed by atoms with Gasteiger partial charge in [-0.1, -0.05) is 13.8 Å². The van der Waals surface area contributed by atoms with E-state index in [9.17, 15) is 9.59 Å². The summed E-state index contributed by atoms with van der Waals surface area (Å²) in [5, 5.41) is 2.66. The summed E-state index contributed by atoms with van der Waals surface area (Å²) in [5.41, 5.74) is 6.31. The quantitative estimate of drug-likeness (QED) is 0.603. The van der Waals surface area contributed by atoms with Crippen molar-refractivity contribution in [2.24, 2.45) is 5.92 Å². The third kappa shape index (κ3) is 4.79. The summed E-state index contributed by atoms with van der Waals surface area (Å²) in [5.74, 6) is -0.299. The number of methoxy groups -OCH3 is 1. The number of carbonyl (C=O) groups excluding carboxylic acids is 2. The number of carbonyl (C=O) groups is 2. The second-order valence-electron chi connectivity index (χ2n) is 4.73. The number of hydrogen-bond acceptors (Lipinski definition) is 5. The first kappa shape index (κ1) is 15.8. The predicted molar refractivity (Wildman–Crippen MR) is 75.5 cm³/mol. The summed E-state index contributed by atoms with van der Waals surface area (Å²) >= 11 is 0. The van der Waals surface area contributed by atoms with Crippen LogP contribution in [0.5, 0.6) is 5.75 Å². The molecule has 0 bridgehead atoms. The summed E-state index contributed by atoms with van der Waals surface area (Å²) in [7, 11) is 1.43. The molecule has 3 N–H and O–H groups in total. The summed E-state index contributed by atoms with van der Waals surface area (Å²) < 4.78 is 9.98. The zero-order chi connectivity index (χ0) is 15.1. The molecule has 0 radical (unpaired) electrons. The molecule has 0 spiro atoms. The van der Waals surface area contributed by atoms with Gasteiger partial charge in [0.25, 0.3) is 5.91 Å². The van der Waals surface area contributed by atoms with Gasteiger partial charge in [-0.3, -0.25) is 4.79 Å². The summed E-state index contributed by atoms with van der Waals surface area (Å²) in [4.78, 5) is 23.3. The van der Waals surface area contributed by atoms with Crippen molar-refractivity contribution in [2.75, 3.05) is 26.0 Å². The summed E-state index contributed by atoms with van der Waals surface area (Å²) in [6, 6.07) is 4.59. The first-order chi connectivity index (χ1) is 9.43. The maximum absolute atomic E-state index is 11.9. The largest absolute Gasteiger partial charge is 0.496 e. The number of rotatable bonds is 6.